The first-order valence-electron chi connectivity index (χ1n) is 7.45. The Kier molecular flexibility index (Phi) is 4.69. The predicted molar refractivity (Wildman–Crippen MR) is 84.9 cm³/mol. The Bertz CT molecular complexity index is 593. The van der Waals surface area contributed by atoms with Gasteiger partial charge in [-0.1, -0.05) is 38.2 Å². The number of nitrogens with one attached hydrogen (secondary N) is 1. The topological polar surface area (TPSA) is 49.3 Å². The summed E-state index contributed by atoms with van der Waals surface area (Å²) in [4.78, 5) is 12.5. The maximum Gasteiger partial charge on any atom is 0.228 e. The summed E-state index contributed by atoms with van der Waals surface area (Å²) in [6.07, 6.45) is 3.15. The van der Waals surface area contributed by atoms with Crippen molar-refractivity contribution in [3.05, 3.63) is 29.3 Å². The lowest BCUT2D eigenvalue weighted by Crippen LogP contribution is -2.31. The molecule has 112 valence electrons. The summed E-state index contributed by atoms with van der Waals surface area (Å²) in [5, 5.41) is 11.9. The van der Waals surface area contributed by atoms with Gasteiger partial charge >= 0.3 is 0 Å². The highest BCUT2D eigenvalue weighted by molar-refractivity contribution is 5.94. The van der Waals surface area contributed by atoms with Crippen LogP contribution in [0.15, 0.2) is 18.2 Å². The predicted octanol–water partition coefficient (Wildman–Crippen LogP) is 3.10. The molecule has 3 nitrogen and oxygen atoms in total. The van der Waals surface area contributed by atoms with Gasteiger partial charge in [-0.3, -0.25) is 4.79 Å². The van der Waals surface area contributed by atoms with Crippen LogP contribution in [0.3, 0.4) is 0 Å². The van der Waals surface area contributed by atoms with Crippen LogP contribution < -0.4 is 5.32 Å². The van der Waals surface area contributed by atoms with Crippen molar-refractivity contribution in [2.45, 2.75) is 40.0 Å². The van der Waals surface area contributed by atoms with Crippen molar-refractivity contribution in [3.63, 3.8) is 0 Å². The number of aliphatic hydroxyl groups excluding tert-OH is 1. The Hall–Kier alpha value is -1.79. The largest absolute Gasteiger partial charge is 0.384 e. The van der Waals surface area contributed by atoms with E-state index in [-0.39, 0.29) is 23.8 Å². The number of hydrogen-bond donors (Lipinski definition) is 2. The SMILES string of the molecule is Cc1ccc(NC(=O)C2CCCC2(C)C)c(C#CCO)c1. The van der Waals surface area contributed by atoms with E-state index < -0.39 is 0 Å². The molecule has 1 aliphatic carbocycles. The van der Waals surface area contributed by atoms with Gasteiger partial charge in [0.1, 0.15) is 6.61 Å². The lowest BCUT2D eigenvalue weighted by Gasteiger charge is -2.26. The van der Waals surface area contributed by atoms with Gasteiger partial charge in [-0.25, -0.2) is 0 Å². The van der Waals surface area contributed by atoms with E-state index in [1.807, 2.05) is 25.1 Å². The molecule has 1 amide bonds. The first kappa shape index (κ1) is 15.6. The van der Waals surface area contributed by atoms with E-state index in [9.17, 15) is 4.79 Å². The molecule has 0 aliphatic heterocycles. The fourth-order valence-electron chi connectivity index (χ4n) is 3.04. The number of carbonyl (C=O) groups is 1. The third-order valence-corrected chi connectivity index (χ3v) is 4.31. The lowest BCUT2D eigenvalue weighted by molar-refractivity contribution is -0.122. The molecule has 0 spiro atoms. The van der Waals surface area contributed by atoms with Gasteiger partial charge in [0, 0.05) is 11.5 Å². The molecule has 2 rings (SSSR count). The fourth-order valence-corrected chi connectivity index (χ4v) is 3.04. The van der Waals surface area contributed by atoms with Crippen LogP contribution in [-0.4, -0.2) is 17.6 Å². The van der Waals surface area contributed by atoms with Gasteiger partial charge in [0.15, 0.2) is 0 Å². The minimum Gasteiger partial charge on any atom is -0.384 e. The molecule has 1 aromatic rings. The van der Waals surface area contributed by atoms with Crippen molar-refractivity contribution in [2.24, 2.45) is 11.3 Å². The number of aryl methyl sites for hydroxylation is 1. The second-order valence-corrected chi connectivity index (χ2v) is 6.43. The second-order valence-electron chi connectivity index (χ2n) is 6.43. The van der Waals surface area contributed by atoms with Crippen LogP contribution in [0.5, 0.6) is 0 Å². The van der Waals surface area contributed by atoms with Gasteiger partial charge in [-0.05, 0) is 42.9 Å². The first-order chi connectivity index (χ1) is 9.94. The number of hydrogen-bond acceptors (Lipinski definition) is 2. The summed E-state index contributed by atoms with van der Waals surface area (Å²) < 4.78 is 0. The zero-order chi connectivity index (χ0) is 15.5. The molecule has 0 saturated heterocycles. The van der Waals surface area contributed by atoms with Crippen LogP contribution in [0.2, 0.25) is 0 Å². The van der Waals surface area contributed by atoms with E-state index in [2.05, 4.69) is 31.0 Å². The normalized spacial score (nSPS) is 19.7. The zero-order valence-electron chi connectivity index (χ0n) is 13.0. The molecule has 1 aromatic carbocycles. The van der Waals surface area contributed by atoms with Crippen LogP contribution >= 0.6 is 0 Å². The summed E-state index contributed by atoms with van der Waals surface area (Å²) in [6.45, 7) is 6.12. The molecule has 1 aliphatic rings. The average Bonchev–Trinajstić information content (AvgIpc) is 2.78. The van der Waals surface area contributed by atoms with Crippen molar-refractivity contribution < 1.29 is 9.90 Å². The molecule has 0 radical (unpaired) electrons. The molecule has 0 bridgehead atoms. The number of anilines is 1. The molecule has 0 heterocycles. The highest BCUT2D eigenvalue weighted by Crippen LogP contribution is 2.43. The highest BCUT2D eigenvalue weighted by atomic mass is 16.2. The lowest BCUT2D eigenvalue weighted by atomic mass is 9.81. The Morgan fingerprint density at radius 1 is 1.48 bits per heavy atom. The zero-order valence-corrected chi connectivity index (χ0v) is 13.0. The van der Waals surface area contributed by atoms with Crippen molar-refractivity contribution in [1.29, 1.82) is 0 Å². The number of aliphatic hydroxyl groups is 1. The number of benzene rings is 1. The molecular formula is C18H23NO2. The van der Waals surface area contributed by atoms with Crippen LogP contribution in [0.4, 0.5) is 5.69 Å². The summed E-state index contributed by atoms with van der Waals surface area (Å²) in [5.74, 6) is 5.68. The minimum absolute atomic E-state index is 0.0532. The Balaban J connectivity index is 2.21. The minimum atomic E-state index is -0.184. The van der Waals surface area contributed by atoms with Gasteiger partial charge in [-0.2, -0.15) is 0 Å². The third kappa shape index (κ3) is 3.65. The van der Waals surface area contributed by atoms with E-state index in [1.54, 1.807) is 0 Å². The average molecular weight is 285 g/mol. The number of carbonyl (C=O) groups excluding carboxylic acids is 1. The maximum atomic E-state index is 12.5. The molecule has 0 aromatic heterocycles. The van der Waals surface area contributed by atoms with Crippen LogP contribution in [0, 0.1) is 30.1 Å². The van der Waals surface area contributed by atoms with Crippen LogP contribution in [0.1, 0.15) is 44.2 Å². The van der Waals surface area contributed by atoms with Crippen LogP contribution in [-0.2, 0) is 4.79 Å². The standard InChI is InChI=1S/C18H23NO2/c1-13-8-9-16(14(12-13)6-5-11-20)19-17(21)15-7-4-10-18(15,2)3/h8-9,12,15,20H,4,7,10-11H2,1-3H3,(H,19,21). The van der Waals surface area contributed by atoms with E-state index in [0.29, 0.717) is 0 Å². The van der Waals surface area contributed by atoms with Gasteiger partial charge in [0.25, 0.3) is 0 Å². The van der Waals surface area contributed by atoms with Crippen molar-refractivity contribution in [3.8, 4) is 11.8 Å². The van der Waals surface area contributed by atoms with E-state index in [4.69, 9.17) is 5.11 Å². The quantitative estimate of drug-likeness (QED) is 0.820. The smallest absolute Gasteiger partial charge is 0.228 e. The molecule has 2 N–H and O–H groups in total. The summed E-state index contributed by atoms with van der Waals surface area (Å²) in [6, 6.07) is 5.77. The molecule has 1 fully saturated rings. The maximum absolute atomic E-state index is 12.5. The summed E-state index contributed by atoms with van der Waals surface area (Å²) in [7, 11) is 0. The number of amides is 1. The molecule has 1 unspecified atom stereocenters. The van der Waals surface area contributed by atoms with Gasteiger partial charge in [0.05, 0.1) is 5.69 Å². The van der Waals surface area contributed by atoms with Gasteiger partial charge in [-0.15, -0.1) is 0 Å². The Morgan fingerprint density at radius 2 is 2.24 bits per heavy atom. The van der Waals surface area contributed by atoms with Crippen LogP contribution in [0.25, 0.3) is 0 Å². The molecule has 21 heavy (non-hydrogen) atoms. The summed E-state index contributed by atoms with van der Waals surface area (Å²) >= 11 is 0. The molecular weight excluding hydrogens is 262 g/mol. The second kappa shape index (κ2) is 6.32. The first-order valence-corrected chi connectivity index (χ1v) is 7.45. The highest BCUT2D eigenvalue weighted by Gasteiger charge is 2.39. The monoisotopic (exact) mass is 285 g/mol. The van der Waals surface area contributed by atoms with E-state index in [0.717, 1.165) is 36.1 Å². The molecule has 1 saturated carbocycles. The van der Waals surface area contributed by atoms with Gasteiger partial charge in [0.2, 0.25) is 5.91 Å². The van der Waals surface area contributed by atoms with Crippen molar-refractivity contribution in [1.82, 2.24) is 0 Å². The summed E-state index contributed by atoms with van der Waals surface area (Å²) in [5.41, 5.74) is 2.63. The molecule has 3 heteroatoms. The molecule has 1 atom stereocenters. The van der Waals surface area contributed by atoms with Crippen molar-refractivity contribution >= 4 is 11.6 Å². The third-order valence-electron chi connectivity index (χ3n) is 4.31. The Morgan fingerprint density at radius 3 is 2.86 bits per heavy atom. The van der Waals surface area contributed by atoms with E-state index in [1.165, 1.54) is 0 Å². The van der Waals surface area contributed by atoms with Crippen molar-refractivity contribution in [2.75, 3.05) is 11.9 Å². The number of rotatable bonds is 2. The van der Waals surface area contributed by atoms with Gasteiger partial charge < -0.3 is 10.4 Å². The Labute approximate surface area is 126 Å². The van der Waals surface area contributed by atoms with E-state index >= 15 is 0 Å². The fraction of sp³-hybridized carbons (Fsp3) is 0.500.